The first-order valence-corrected chi connectivity index (χ1v) is 7.79. The van der Waals surface area contributed by atoms with Crippen molar-refractivity contribution in [2.24, 2.45) is 0 Å². The Bertz CT molecular complexity index is 601. The van der Waals surface area contributed by atoms with E-state index in [1.807, 2.05) is 12.1 Å². The van der Waals surface area contributed by atoms with Gasteiger partial charge in [-0.2, -0.15) is 0 Å². The molecular weight excluding hydrogens is 308 g/mol. The molecule has 0 aliphatic rings. The van der Waals surface area contributed by atoms with Crippen molar-refractivity contribution < 1.29 is 4.39 Å². The molecule has 1 N–H and O–H groups in total. The van der Waals surface area contributed by atoms with E-state index in [9.17, 15) is 4.39 Å². The van der Waals surface area contributed by atoms with E-state index < -0.39 is 0 Å². The lowest BCUT2D eigenvalue weighted by molar-refractivity contribution is 0.497. The largest absolute Gasteiger partial charge is 0.310 e. The van der Waals surface area contributed by atoms with Crippen molar-refractivity contribution in [3.05, 3.63) is 69.5 Å². The second-order valence-electron chi connectivity index (χ2n) is 4.97. The lowest BCUT2D eigenvalue weighted by Gasteiger charge is -2.20. The van der Waals surface area contributed by atoms with Crippen molar-refractivity contribution in [3.63, 3.8) is 0 Å². The number of hydrogen-bond donors (Lipinski definition) is 1. The summed E-state index contributed by atoms with van der Waals surface area (Å²) in [6.45, 7) is 2.90. The third-order valence-corrected chi connectivity index (χ3v) is 3.96. The van der Waals surface area contributed by atoms with E-state index in [1.165, 1.54) is 6.07 Å². The summed E-state index contributed by atoms with van der Waals surface area (Å²) in [5.41, 5.74) is 1.57. The van der Waals surface area contributed by atoms with Gasteiger partial charge in [-0.15, -0.1) is 0 Å². The molecule has 4 heteroatoms. The normalized spacial score (nSPS) is 12.4. The first-order valence-electron chi connectivity index (χ1n) is 7.03. The minimum Gasteiger partial charge on any atom is -0.310 e. The zero-order chi connectivity index (χ0) is 15.2. The second-order valence-corrected chi connectivity index (χ2v) is 5.81. The molecule has 0 aliphatic heterocycles. The summed E-state index contributed by atoms with van der Waals surface area (Å²) < 4.78 is 14.1. The van der Waals surface area contributed by atoms with Gasteiger partial charge < -0.3 is 5.32 Å². The second kappa shape index (κ2) is 7.79. The molecule has 112 valence electrons. The first-order chi connectivity index (χ1) is 10.1. The molecule has 2 aromatic carbocycles. The van der Waals surface area contributed by atoms with Crippen LogP contribution in [0.15, 0.2) is 42.5 Å². The van der Waals surface area contributed by atoms with E-state index in [0.717, 1.165) is 18.5 Å². The number of nitrogens with one attached hydrogen (secondary N) is 1. The molecule has 2 rings (SSSR count). The molecule has 1 atom stereocenters. The predicted molar refractivity (Wildman–Crippen MR) is 87.6 cm³/mol. The van der Waals surface area contributed by atoms with Gasteiger partial charge >= 0.3 is 0 Å². The SMILES string of the molecule is CCCNC(Cc1cc(Cl)ccc1Cl)c1ccccc1F. The Morgan fingerprint density at radius 1 is 1.14 bits per heavy atom. The van der Waals surface area contributed by atoms with Gasteiger partial charge in [-0.1, -0.05) is 48.3 Å². The molecule has 0 radical (unpaired) electrons. The highest BCUT2D eigenvalue weighted by molar-refractivity contribution is 6.33. The Kier molecular flexibility index (Phi) is 6.04. The van der Waals surface area contributed by atoms with Gasteiger partial charge in [0.2, 0.25) is 0 Å². The van der Waals surface area contributed by atoms with Crippen LogP contribution in [0.3, 0.4) is 0 Å². The van der Waals surface area contributed by atoms with Crippen molar-refractivity contribution in [1.29, 1.82) is 0 Å². The Labute approximate surface area is 135 Å². The van der Waals surface area contributed by atoms with E-state index in [-0.39, 0.29) is 11.9 Å². The number of rotatable bonds is 6. The molecule has 0 spiro atoms. The van der Waals surface area contributed by atoms with Gasteiger partial charge in [-0.05, 0) is 49.2 Å². The van der Waals surface area contributed by atoms with Gasteiger partial charge in [0.25, 0.3) is 0 Å². The molecule has 0 heterocycles. The van der Waals surface area contributed by atoms with E-state index >= 15 is 0 Å². The molecule has 21 heavy (non-hydrogen) atoms. The van der Waals surface area contributed by atoms with Crippen molar-refractivity contribution in [1.82, 2.24) is 5.32 Å². The van der Waals surface area contributed by atoms with Gasteiger partial charge in [0.15, 0.2) is 0 Å². The van der Waals surface area contributed by atoms with Crippen molar-refractivity contribution in [3.8, 4) is 0 Å². The fourth-order valence-electron chi connectivity index (χ4n) is 2.29. The monoisotopic (exact) mass is 325 g/mol. The topological polar surface area (TPSA) is 12.0 Å². The molecule has 0 fully saturated rings. The van der Waals surface area contributed by atoms with Crippen molar-refractivity contribution >= 4 is 23.2 Å². The summed E-state index contributed by atoms with van der Waals surface area (Å²) >= 11 is 12.3. The van der Waals surface area contributed by atoms with E-state index in [0.29, 0.717) is 22.0 Å². The van der Waals surface area contributed by atoms with Crippen LogP contribution < -0.4 is 5.32 Å². The van der Waals surface area contributed by atoms with E-state index in [4.69, 9.17) is 23.2 Å². The Morgan fingerprint density at radius 3 is 2.62 bits per heavy atom. The Morgan fingerprint density at radius 2 is 1.90 bits per heavy atom. The van der Waals surface area contributed by atoms with Gasteiger partial charge in [0, 0.05) is 21.7 Å². The van der Waals surface area contributed by atoms with Crippen molar-refractivity contribution in [2.75, 3.05) is 6.54 Å². The maximum Gasteiger partial charge on any atom is 0.127 e. The van der Waals surface area contributed by atoms with E-state index in [1.54, 1.807) is 24.3 Å². The lowest BCUT2D eigenvalue weighted by Crippen LogP contribution is -2.25. The molecular formula is C17H18Cl2FN. The molecule has 2 aromatic rings. The Balaban J connectivity index is 2.28. The fourth-order valence-corrected chi connectivity index (χ4v) is 2.68. The van der Waals surface area contributed by atoms with Crippen LogP contribution in [0.4, 0.5) is 4.39 Å². The van der Waals surface area contributed by atoms with Crippen LogP contribution in [0.2, 0.25) is 10.0 Å². The molecule has 0 bridgehead atoms. The third kappa shape index (κ3) is 4.44. The van der Waals surface area contributed by atoms with Crippen LogP contribution in [0.5, 0.6) is 0 Å². The molecule has 0 aromatic heterocycles. The number of benzene rings is 2. The quantitative estimate of drug-likeness (QED) is 0.748. The van der Waals surface area contributed by atoms with Crippen LogP contribution in [0.1, 0.15) is 30.5 Å². The van der Waals surface area contributed by atoms with Gasteiger partial charge in [0.1, 0.15) is 5.82 Å². The Hall–Kier alpha value is -1.09. The van der Waals surface area contributed by atoms with Gasteiger partial charge in [-0.25, -0.2) is 4.39 Å². The highest BCUT2D eigenvalue weighted by atomic mass is 35.5. The van der Waals surface area contributed by atoms with Crippen LogP contribution in [0, 0.1) is 5.82 Å². The zero-order valence-corrected chi connectivity index (χ0v) is 13.4. The minimum absolute atomic E-state index is 0.123. The summed E-state index contributed by atoms with van der Waals surface area (Å²) in [6, 6.07) is 12.1. The molecule has 0 saturated heterocycles. The maximum absolute atomic E-state index is 14.1. The fraction of sp³-hybridized carbons (Fsp3) is 0.294. The van der Waals surface area contributed by atoms with Crippen LogP contribution in [-0.2, 0) is 6.42 Å². The van der Waals surface area contributed by atoms with E-state index in [2.05, 4.69) is 12.2 Å². The highest BCUT2D eigenvalue weighted by Gasteiger charge is 2.17. The summed E-state index contributed by atoms with van der Waals surface area (Å²) in [4.78, 5) is 0. The average Bonchev–Trinajstić information content (AvgIpc) is 2.48. The summed E-state index contributed by atoms with van der Waals surface area (Å²) in [6.07, 6.45) is 1.58. The van der Waals surface area contributed by atoms with Gasteiger partial charge in [0.05, 0.1) is 0 Å². The molecule has 1 nitrogen and oxygen atoms in total. The smallest absolute Gasteiger partial charge is 0.127 e. The molecule has 0 aliphatic carbocycles. The summed E-state index contributed by atoms with van der Waals surface area (Å²) in [5, 5.41) is 4.67. The zero-order valence-electron chi connectivity index (χ0n) is 11.9. The van der Waals surface area contributed by atoms with Gasteiger partial charge in [-0.3, -0.25) is 0 Å². The lowest BCUT2D eigenvalue weighted by atomic mass is 9.98. The third-order valence-electron chi connectivity index (χ3n) is 3.35. The highest BCUT2D eigenvalue weighted by Crippen LogP contribution is 2.27. The summed E-state index contributed by atoms with van der Waals surface area (Å²) in [5.74, 6) is -0.204. The number of halogens is 3. The van der Waals surface area contributed by atoms with Crippen LogP contribution in [-0.4, -0.2) is 6.54 Å². The van der Waals surface area contributed by atoms with Crippen LogP contribution in [0.25, 0.3) is 0 Å². The standard InChI is InChI=1S/C17H18Cl2FN/c1-2-9-21-17(14-5-3-4-6-16(14)20)11-12-10-13(18)7-8-15(12)19/h3-8,10,17,21H,2,9,11H2,1H3. The minimum atomic E-state index is -0.204. The molecule has 0 saturated carbocycles. The maximum atomic E-state index is 14.1. The van der Waals surface area contributed by atoms with Crippen molar-refractivity contribution in [2.45, 2.75) is 25.8 Å². The number of hydrogen-bond acceptors (Lipinski definition) is 1. The predicted octanol–water partition coefficient (Wildman–Crippen LogP) is 5.42. The molecule has 0 amide bonds. The molecule has 1 unspecified atom stereocenters. The average molecular weight is 326 g/mol. The van der Waals surface area contributed by atoms with Crippen LogP contribution >= 0.6 is 23.2 Å². The first kappa shape index (κ1) is 16.3. The summed E-state index contributed by atoms with van der Waals surface area (Å²) in [7, 11) is 0.